The van der Waals surface area contributed by atoms with Gasteiger partial charge in [0.2, 0.25) is 11.8 Å². The van der Waals surface area contributed by atoms with Gasteiger partial charge < -0.3 is 30.9 Å². The van der Waals surface area contributed by atoms with Gasteiger partial charge in [-0.05, 0) is 51.7 Å². The number of ether oxygens (including phenoxy) is 1. The fourth-order valence-electron chi connectivity index (χ4n) is 4.34. The molecule has 0 bridgehead atoms. The fourth-order valence-corrected chi connectivity index (χ4v) is 4.91. The molecule has 13 nitrogen and oxygen atoms in total. The molecular formula is C28H37Cl2N7O6. The Bertz CT molecular complexity index is 1330. The highest BCUT2D eigenvalue weighted by Gasteiger charge is 2.29. The van der Waals surface area contributed by atoms with E-state index in [2.05, 4.69) is 31.5 Å². The Morgan fingerprint density at radius 2 is 1.70 bits per heavy atom. The lowest BCUT2D eigenvalue weighted by molar-refractivity contribution is -0.134. The van der Waals surface area contributed by atoms with Gasteiger partial charge in [-0.1, -0.05) is 43.1 Å². The van der Waals surface area contributed by atoms with Crippen molar-refractivity contribution in [2.24, 2.45) is 5.92 Å². The largest absolute Gasteiger partial charge is 0.444 e. The van der Waals surface area contributed by atoms with Gasteiger partial charge in [0.15, 0.2) is 5.69 Å². The summed E-state index contributed by atoms with van der Waals surface area (Å²) in [7, 11) is 0. The van der Waals surface area contributed by atoms with E-state index in [1.807, 2.05) is 0 Å². The monoisotopic (exact) mass is 637 g/mol. The van der Waals surface area contributed by atoms with E-state index in [1.54, 1.807) is 45.6 Å². The van der Waals surface area contributed by atoms with Crippen LogP contribution in [0.15, 0.2) is 24.4 Å². The zero-order chi connectivity index (χ0) is 31.9. The van der Waals surface area contributed by atoms with E-state index in [4.69, 9.17) is 27.9 Å². The molecule has 0 unspecified atom stereocenters. The quantitative estimate of drug-likeness (QED) is 0.280. The number of anilines is 1. The number of piperidine rings is 1. The van der Waals surface area contributed by atoms with Crippen LogP contribution in [0.3, 0.4) is 0 Å². The molecule has 0 saturated carbocycles. The number of nitrogens with one attached hydrogen (secondary N) is 5. The summed E-state index contributed by atoms with van der Waals surface area (Å²) < 4.78 is 5.23. The molecule has 1 aliphatic rings. The van der Waals surface area contributed by atoms with E-state index < -0.39 is 35.5 Å². The van der Waals surface area contributed by atoms with Crippen LogP contribution in [0, 0.1) is 5.92 Å². The van der Waals surface area contributed by atoms with E-state index >= 15 is 0 Å². The Balaban J connectivity index is 1.48. The highest BCUT2D eigenvalue weighted by Crippen LogP contribution is 2.26. The molecule has 234 valence electrons. The molecule has 1 fully saturated rings. The number of H-pyrrole nitrogens is 1. The molecule has 2 aromatic rings. The van der Waals surface area contributed by atoms with Crippen LogP contribution in [0.1, 0.15) is 68.3 Å². The Labute approximate surface area is 259 Å². The molecule has 3 rings (SSSR count). The van der Waals surface area contributed by atoms with Gasteiger partial charge in [0, 0.05) is 25.3 Å². The molecule has 43 heavy (non-hydrogen) atoms. The predicted molar refractivity (Wildman–Crippen MR) is 161 cm³/mol. The molecular weight excluding hydrogens is 601 g/mol. The van der Waals surface area contributed by atoms with Crippen LogP contribution >= 0.6 is 23.2 Å². The van der Waals surface area contributed by atoms with Crippen molar-refractivity contribution in [2.75, 3.05) is 25.0 Å². The smallest absolute Gasteiger partial charge is 0.408 e. The van der Waals surface area contributed by atoms with E-state index in [0.29, 0.717) is 25.9 Å². The molecule has 2 heterocycles. The van der Waals surface area contributed by atoms with Gasteiger partial charge in [-0.15, -0.1) is 0 Å². The molecule has 1 aromatic heterocycles. The van der Waals surface area contributed by atoms with Crippen molar-refractivity contribution < 1.29 is 28.7 Å². The molecule has 5 amide bonds. The van der Waals surface area contributed by atoms with E-state index in [-0.39, 0.29) is 51.4 Å². The number of benzene rings is 1. The van der Waals surface area contributed by atoms with E-state index in [1.165, 1.54) is 18.3 Å². The lowest BCUT2D eigenvalue weighted by Gasteiger charge is -2.32. The number of nitrogens with zero attached hydrogens (tertiary/aromatic N) is 2. The third-order valence-electron chi connectivity index (χ3n) is 6.51. The number of likely N-dealkylation sites (tertiary alicyclic amines) is 1. The first-order valence-electron chi connectivity index (χ1n) is 13.8. The van der Waals surface area contributed by atoms with Crippen LogP contribution in [-0.4, -0.2) is 82.1 Å². The first-order chi connectivity index (χ1) is 20.2. The normalized spacial score (nSPS) is 14.6. The highest BCUT2D eigenvalue weighted by atomic mass is 35.5. The number of hydrogen-bond acceptors (Lipinski definition) is 7. The summed E-state index contributed by atoms with van der Waals surface area (Å²) in [5.41, 5.74) is -0.503. The number of aromatic amines is 1. The van der Waals surface area contributed by atoms with Crippen LogP contribution in [0.5, 0.6) is 0 Å². The SMILES string of the molecule is CC(C)[C@H](NC(=O)OC(C)(C)C)C(=O)NCC(=O)N1CCC(NC(=O)c2n[nH]cc2NC(=O)c2c(Cl)cccc2Cl)CC1. The molecule has 0 radical (unpaired) electrons. The number of carbonyl (C=O) groups excluding carboxylic acids is 5. The highest BCUT2D eigenvalue weighted by molar-refractivity contribution is 6.40. The van der Waals surface area contributed by atoms with Crippen molar-refractivity contribution in [3.8, 4) is 0 Å². The lowest BCUT2D eigenvalue weighted by atomic mass is 10.0. The molecule has 1 saturated heterocycles. The first-order valence-corrected chi connectivity index (χ1v) is 14.6. The second kappa shape index (κ2) is 14.6. The summed E-state index contributed by atoms with van der Waals surface area (Å²) in [5, 5.41) is 17.5. The molecule has 0 aliphatic carbocycles. The van der Waals surface area contributed by atoms with Crippen LogP contribution in [0.2, 0.25) is 10.0 Å². The molecule has 15 heteroatoms. The van der Waals surface area contributed by atoms with E-state index in [9.17, 15) is 24.0 Å². The van der Waals surface area contributed by atoms with Crippen molar-refractivity contribution in [3.63, 3.8) is 0 Å². The number of alkyl carbamates (subject to hydrolysis) is 1. The van der Waals surface area contributed by atoms with Gasteiger partial charge in [-0.3, -0.25) is 24.3 Å². The number of rotatable bonds is 9. The lowest BCUT2D eigenvalue weighted by Crippen LogP contribution is -2.53. The molecule has 1 aromatic carbocycles. The summed E-state index contributed by atoms with van der Waals surface area (Å²) in [6, 6.07) is 3.56. The van der Waals surface area contributed by atoms with Crippen LogP contribution < -0.4 is 21.3 Å². The van der Waals surface area contributed by atoms with Gasteiger partial charge in [-0.25, -0.2) is 4.79 Å². The molecule has 5 N–H and O–H groups in total. The Kier molecular flexibility index (Phi) is 11.4. The molecule has 1 aliphatic heterocycles. The van der Waals surface area contributed by atoms with Gasteiger partial charge >= 0.3 is 6.09 Å². The third-order valence-corrected chi connectivity index (χ3v) is 7.14. The zero-order valence-electron chi connectivity index (χ0n) is 24.7. The number of hydrogen-bond donors (Lipinski definition) is 5. The maximum absolute atomic E-state index is 12.9. The van der Waals surface area contributed by atoms with Crippen molar-refractivity contribution in [1.29, 1.82) is 0 Å². The maximum Gasteiger partial charge on any atom is 0.408 e. The van der Waals surface area contributed by atoms with Gasteiger partial charge in [0.1, 0.15) is 11.6 Å². The van der Waals surface area contributed by atoms with Crippen molar-refractivity contribution in [2.45, 2.75) is 65.1 Å². The standard InChI is InChI=1S/C28H37Cl2N7O6/c1-15(2)22(35-27(42)43-28(3,4)5)25(40)31-14-20(38)37-11-9-16(10-12-37)33-26(41)23-19(13-32-36-23)34-24(39)21-17(29)7-6-8-18(21)30/h6-8,13,15-16,22H,9-12,14H2,1-5H3,(H,31,40)(H,32,36)(H,33,41)(H,34,39)(H,35,42)/t22-/m0/s1. The van der Waals surface area contributed by atoms with Crippen molar-refractivity contribution in [3.05, 3.63) is 45.7 Å². The Morgan fingerprint density at radius 3 is 2.28 bits per heavy atom. The zero-order valence-corrected chi connectivity index (χ0v) is 26.2. The maximum atomic E-state index is 12.9. The second-order valence-corrected chi connectivity index (χ2v) is 12.2. The van der Waals surface area contributed by atoms with Gasteiger partial charge in [0.25, 0.3) is 11.8 Å². The summed E-state index contributed by atoms with van der Waals surface area (Å²) in [5.74, 6) is -2.11. The van der Waals surface area contributed by atoms with Gasteiger partial charge in [-0.2, -0.15) is 5.10 Å². The van der Waals surface area contributed by atoms with Crippen LogP contribution in [0.4, 0.5) is 10.5 Å². The minimum absolute atomic E-state index is 0.0163. The summed E-state index contributed by atoms with van der Waals surface area (Å²) >= 11 is 12.2. The average molecular weight is 639 g/mol. The minimum Gasteiger partial charge on any atom is -0.444 e. The minimum atomic E-state index is -0.873. The van der Waals surface area contributed by atoms with Crippen molar-refractivity contribution >= 4 is 58.6 Å². The Morgan fingerprint density at radius 1 is 1.07 bits per heavy atom. The number of carbonyl (C=O) groups is 5. The van der Waals surface area contributed by atoms with E-state index in [0.717, 1.165) is 0 Å². The predicted octanol–water partition coefficient (Wildman–Crippen LogP) is 3.36. The number of aromatic nitrogens is 2. The van der Waals surface area contributed by atoms with Gasteiger partial charge in [0.05, 0.1) is 27.8 Å². The number of amides is 5. The Hall–Kier alpha value is -3.84. The van der Waals surface area contributed by atoms with Crippen LogP contribution in [-0.2, 0) is 14.3 Å². The topological polar surface area (TPSA) is 175 Å². The second-order valence-electron chi connectivity index (χ2n) is 11.4. The summed E-state index contributed by atoms with van der Waals surface area (Å²) in [4.78, 5) is 64.9. The fraction of sp³-hybridized carbons (Fsp3) is 0.500. The third kappa shape index (κ3) is 9.58. The summed E-state index contributed by atoms with van der Waals surface area (Å²) in [6.07, 6.45) is 1.61. The summed E-state index contributed by atoms with van der Waals surface area (Å²) in [6.45, 7) is 9.20. The first kappa shape index (κ1) is 33.7. The number of halogens is 2. The molecule has 0 spiro atoms. The average Bonchev–Trinajstić information content (AvgIpc) is 3.37. The van der Waals surface area contributed by atoms with Crippen LogP contribution in [0.25, 0.3) is 0 Å². The molecule has 1 atom stereocenters. The van der Waals surface area contributed by atoms with Crippen molar-refractivity contribution in [1.82, 2.24) is 31.0 Å².